The quantitative estimate of drug-likeness (QED) is 0.648. The normalized spacial score (nSPS) is 10.8. The van der Waals surface area contributed by atoms with Crippen LogP contribution in [0.15, 0.2) is 18.2 Å². The van der Waals surface area contributed by atoms with Crippen molar-refractivity contribution in [3.63, 3.8) is 0 Å². The van der Waals surface area contributed by atoms with Crippen molar-refractivity contribution >= 4 is 17.6 Å². The number of anilines is 1. The summed E-state index contributed by atoms with van der Waals surface area (Å²) in [5.41, 5.74) is -0.103. The van der Waals surface area contributed by atoms with Gasteiger partial charge in [-0.15, -0.1) is 0 Å². The SMILES string of the molecule is COC(=O)CNc1ccc(O)cc1C(=O)OC(C)(C)C. The summed E-state index contributed by atoms with van der Waals surface area (Å²) < 4.78 is 9.76. The molecule has 0 fully saturated rings. The number of methoxy groups -OCH3 is 1. The maximum Gasteiger partial charge on any atom is 0.340 e. The van der Waals surface area contributed by atoms with E-state index in [0.29, 0.717) is 5.69 Å². The van der Waals surface area contributed by atoms with E-state index in [1.54, 1.807) is 20.8 Å². The van der Waals surface area contributed by atoms with Gasteiger partial charge in [-0.25, -0.2) is 4.79 Å². The standard InChI is InChI=1S/C14H19NO5/c1-14(2,3)20-13(18)10-7-9(16)5-6-11(10)15-8-12(17)19-4/h5-7,15-16H,8H2,1-4H3. The van der Waals surface area contributed by atoms with Gasteiger partial charge in [0.05, 0.1) is 12.7 Å². The first-order valence-corrected chi connectivity index (χ1v) is 6.10. The molecule has 1 aromatic rings. The molecule has 0 aliphatic carbocycles. The highest BCUT2D eigenvalue weighted by atomic mass is 16.6. The molecule has 0 heterocycles. The van der Waals surface area contributed by atoms with Crippen molar-refractivity contribution in [3.05, 3.63) is 23.8 Å². The van der Waals surface area contributed by atoms with E-state index in [1.165, 1.54) is 25.3 Å². The zero-order valence-corrected chi connectivity index (χ0v) is 12.0. The molecular formula is C14H19NO5. The molecule has 6 heteroatoms. The fourth-order valence-electron chi connectivity index (χ4n) is 1.43. The number of ether oxygens (including phenoxy) is 2. The van der Waals surface area contributed by atoms with Gasteiger partial charge in [0, 0.05) is 5.69 Å². The van der Waals surface area contributed by atoms with Crippen LogP contribution in [0.1, 0.15) is 31.1 Å². The third-order valence-corrected chi connectivity index (χ3v) is 2.27. The summed E-state index contributed by atoms with van der Waals surface area (Å²) in [5, 5.41) is 12.3. The molecule has 0 atom stereocenters. The van der Waals surface area contributed by atoms with Crippen LogP contribution in [0.3, 0.4) is 0 Å². The number of nitrogens with one attached hydrogen (secondary N) is 1. The lowest BCUT2D eigenvalue weighted by atomic mass is 10.1. The molecule has 0 spiro atoms. The van der Waals surface area contributed by atoms with Crippen LogP contribution in [0.2, 0.25) is 0 Å². The highest BCUT2D eigenvalue weighted by molar-refractivity contribution is 5.96. The van der Waals surface area contributed by atoms with E-state index in [2.05, 4.69) is 10.1 Å². The van der Waals surface area contributed by atoms with Gasteiger partial charge in [-0.05, 0) is 39.0 Å². The Balaban J connectivity index is 2.95. The second kappa shape index (κ2) is 6.27. The monoisotopic (exact) mass is 281 g/mol. The molecule has 0 aromatic heterocycles. The molecule has 6 nitrogen and oxygen atoms in total. The van der Waals surface area contributed by atoms with Gasteiger partial charge in [0.25, 0.3) is 0 Å². The van der Waals surface area contributed by atoms with E-state index in [0.717, 1.165) is 0 Å². The maximum atomic E-state index is 12.1. The number of carbonyl (C=O) groups excluding carboxylic acids is 2. The van der Waals surface area contributed by atoms with Crippen LogP contribution in [0.4, 0.5) is 5.69 Å². The van der Waals surface area contributed by atoms with E-state index >= 15 is 0 Å². The van der Waals surface area contributed by atoms with Crippen molar-refractivity contribution in [2.24, 2.45) is 0 Å². The second-order valence-electron chi connectivity index (χ2n) is 5.16. The Morgan fingerprint density at radius 2 is 1.95 bits per heavy atom. The predicted octanol–water partition coefficient (Wildman–Crippen LogP) is 1.93. The zero-order chi connectivity index (χ0) is 15.3. The Morgan fingerprint density at radius 1 is 1.30 bits per heavy atom. The molecule has 2 N–H and O–H groups in total. The highest BCUT2D eigenvalue weighted by Crippen LogP contribution is 2.24. The predicted molar refractivity (Wildman–Crippen MR) is 73.8 cm³/mol. The molecule has 0 bridgehead atoms. The summed E-state index contributed by atoms with van der Waals surface area (Å²) in [6.07, 6.45) is 0. The molecule has 0 unspecified atom stereocenters. The number of aromatic hydroxyl groups is 1. The smallest absolute Gasteiger partial charge is 0.340 e. The number of hydrogen-bond donors (Lipinski definition) is 2. The van der Waals surface area contributed by atoms with Gasteiger partial charge in [0.15, 0.2) is 0 Å². The number of phenolic OH excluding ortho intramolecular Hbond substituents is 1. The fourth-order valence-corrected chi connectivity index (χ4v) is 1.43. The summed E-state index contributed by atoms with van der Waals surface area (Å²) in [5.74, 6) is -1.11. The van der Waals surface area contributed by atoms with Crippen molar-refractivity contribution in [2.45, 2.75) is 26.4 Å². The Bertz CT molecular complexity index is 505. The van der Waals surface area contributed by atoms with Gasteiger partial charge in [0.1, 0.15) is 17.9 Å². The third-order valence-electron chi connectivity index (χ3n) is 2.27. The van der Waals surface area contributed by atoms with Crippen LogP contribution in [-0.4, -0.2) is 36.3 Å². The van der Waals surface area contributed by atoms with E-state index < -0.39 is 17.5 Å². The lowest BCUT2D eigenvalue weighted by molar-refractivity contribution is -0.138. The average Bonchev–Trinajstić information content (AvgIpc) is 2.34. The molecule has 0 saturated heterocycles. The Morgan fingerprint density at radius 3 is 2.50 bits per heavy atom. The van der Waals surface area contributed by atoms with Gasteiger partial charge in [-0.1, -0.05) is 0 Å². The summed E-state index contributed by atoms with van der Waals surface area (Å²) in [7, 11) is 1.27. The third kappa shape index (κ3) is 4.79. The number of phenols is 1. The van der Waals surface area contributed by atoms with Crippen LogP contribution in [0.25, 0.3) is 0 Å². The molecule has 20 heavy (non-hydrogen) atoms. The number of carbonyl (C=O) groups is 2. The molecule has 1 rings (SSSR count). The van der Waals surface area contributed by atoms with Crippen LogP contribution in [0, 0.1) is 0 Å². The molecule has 0 aliphatic rings. The van der Waals surface area contributed by atoms with Crippen molar-refractivity contribution in [3.8, 4) is 5.75 Å². The van der Waals surface area contributed by atoms with Crippen LogP contribution in [-0.2, 0) is 14.3 Å². The van der Waals surface area contributed by atoms with Crippen molar-refractivity contribution in [1.29, 1.82) is 0 Å². The van der Waals surface area contributed by atoms with Crippen LogP contribution in [0.5, 0.6) is 5.75 Å². The summed E-state index contributed by atoms with van der Waals surface area (Å²) in [4.78, 5) is 23.2. The fraction of sp³-hybridized carbons (Fsp3) is 0.429. The first kappa shape index (κ1) is 15.8. The Hall–Kier alpha value is -2.24. The first-order valence-electron chi connectivity index (χ1n) is 6.10. The average molecular weight is 281 g/mol. The van der Waals surface area contributed by atoms with Crippen LogP contribution >= 0.6 is 0 Å². The van der Waals surface area contributed by atoms with Gasteiger partial charge >= 0.3 is 11.9 Å². The lowest BCUT2D eigenvalue weighted by Crippen LogP contribution is -2.25. The molecule has 110 valence electrons. The summed E-state index contributed by atoms with van der Waals surface area (Å²) in [6, 6.07) is 4.19. The molecule has 1 aromatic carbocycles. The summed E-state index contributed by atoms with van der Waals surface area (Å²) >= 11 is 0. The Kier molecular flexibility index (Phi) is 4.96. The zero-order valence-electron chi connectivity index (χ0n) is 12.0. The minimum Gasteiger partial charge on any atom is -0.508 e. The maximum absolute atomic E-state index is 12.1. The second-order valence-corrected chi connectivity index (χ2v) is 5.16. The highest BCUT2D eigenvalue weighted by Gasteiger charge is 2.21. The molecular weight excluding hydrogens is 262 g/mol. The molecule has 0 aliphatic heterocycles. The number of benzene rings is 1. The van der Waals surface area contributed by atoms with Crippen molar-refractivity contribution in [1.82, 2.24) is 0 Å². The van der Waals surface area contributed by atoms with E-state index in [-0.39, 0.29) is 17.9 Å². The minimum absolute atomic E-state index is 0.0607. The molecule has 0 saturated carbocycles. The first-order chi connectivity index (χ1) is 9.23. The van der Waals surface area contributed by atoms with Crippen molar-refractivity contribution < 1.29 is 24.2 Å². The van der Waals surface area contributed by atoms with Gasteiger partial charge in [-0.3, -0.25) is 4.79 Å². The van der Waals surface area contributed by atoms with E-state index in [1.807, 2.05) is 0 Å². The Labute approximate surface area is 117 Å². The van der Waals surface area contributed by atoms with Crippen LogP contribution < -0.4 is 5.32 Å². The number of esters is 2. The number of rotatable bonds is 4. The van der Waals surface area contributed by atoms with E-state index in [4.69, 9.17) is 4.74 Å². The van der Waals surface area contributed by atoms with E-state index in [9.17, 15) is 14.7 Å². The minimum atomic E-state index is -0.651. The van der Waals surface area contributed by atoms with Gasteiger partial charge in [0.2, 0.25) is 0 Å². The lowest BCUT2D eigenvalue weighted by Gasteiger charge is -2.20. The number of hydrogen-bond acceptors (Lipinski definition) is 6. The van der Waals surface area contributed by atoms with Crippen molar-refractivity contribution in [2.75, 3.05) is 19.0 Å². The summed E-state index contributed by atoms with van der Waals surface area (Å²) in [6.45, 7) is 5.15. The largest absolute Gasteiger partial charge is 0.508 e. The molecule has 0 radical (unpaired) electrons. The van der Waals surface area contributed by atoms with Gasteiger partial charge in [-0.2, -0.15) is 0 Å². The topological polar surface area (TPSA) is 84.9 Å². The van der Waals surface area contributed by atoms with Gasteiger partial charge < -0.3 is 19.9 Å². The molecule has 0 amide bonds.